The minimum atomic E-state index is -2.86. The first-order valence-corrected chi connectivity index (χ1v) is 14.6. The summed E-state index contributed by atoms with van der Waals surface area (Å²) in [6.45, 7) is 1.90. The molecule has 1 aromatic rings. The fraction of sp³-hybridized carbons (Fsp3) is 0.333. The molecule has 1 aliphatic heterocycles. The van der Waals surface area contributed by atoms with Gasteiger partial charge in [0.25, 0.3) is 11.8 Å². The van der Waals surface area contributed by atoms with Crippen LogP contribution in [-0.2, 0) is 0 Å². The average Bonchev–Trinajstić information content (AvgIpc) is 2.24. The van der Waals surface area contributed by atoms with Gasteiger partial charge >= 0.3 is 0 Å². The lowest BCUT2D eigenvalue weighted by atomic mass is 10.3. The molecular weight excluding hydrogens is 399 g/mol. The van der Waals surface area contributed by atoms with Crippen LogP contribution in [0.2, 0.25) is 0 Å². The minimum Gasteiger partial charge on any atom is -0.378 e. The van der Waals surface area contributed by atoms with E-state index in [-0.39, 0.29) is 0 Å². The van der Waals surface area contributed by atoms with Crippen molar-refractivity contribution < 1.29 is 0 Å². The Bertz CT molecular complexity index is 695. The molecule has 0 amide bonds. The number of anilines is 1. The maximum atomic E-state index is 6.15. The van der Waals surface area contributed by atoms with Crippen LogP contribution in [-0.4, -0.2) is 20.8 Å². The molecule has 112 valence electrons. The van der Waals surface area contributed by atoms with E-state index in [0.717, 1.165) is 11.0 Å². The van der Waals surface area contributed by atoms with Gasteiger partial charge in [0.1, 0.15) is 7.21 Å². The molecule has 0 aliphatic carbocycles. The van der Waals surface area contributed by atoms with Crippen molar-refractivity contribution in [3.05, 3.63) is 24.3 Å². The molecule has 2 rings (SSSR count). The molecule has 0 bridgehead atoms. The number of halogens is 4. The number of nitrogens with zero attached hydrogens (tertiary/aromatic N) is 4. The Kier molecular flexibility index (Phi) is 5.01. The third-order valence-corrected chi connectivity index (χ3v) is 15.0. The number of hydrogen-bond acceptors (Lipinski definition) is 4. The summed E-state index contributed by atoms with van der Waals surface area (Å²) in [4.78, 5) is 2.00. The molecule has 0 aromatic heterocycles. The van der Waals surface area contributed by atoms with Crippen molar-refractivity contribution in [2.75, 3.05) is 25.7 Å². The summed E-state index contributed by atoms with van der Waals surface area (Å²) < 4.78 is 12.9. The molecule has 20 heavy (non-hydrogen) atoms. The Labute approximate surface area is 138 Å². The fourth-order valence-corrected chi connectivity index (χ4v) is 18.6. The van der Waals surface area contributed by atoms with Crippen molar-refractivity contribution in [1.82, 2.24) is 0 Å². The van der Waals surface area contributed by atoms with E-state index >= 15 is 0 Å². The second-order valence-electron chi connectivity index (χ2n) is 4.51. The Morgan fingerprint density at radius 3 is 2.10 bits per heavy atom. The van der Waals surface area contributed by atoms with Gasteiger partial charge in [0, 0.05) is 25.1 Å². The van der Waals surface area contributed by atoms with Crippen LogP contribution in [0.4, 0.5) is 5.69 Å². The van der Waals surface area contributed by atoms with Crippen LogP contribution in [0.25, 0.3) is 0 Å². The summed E-state index contributed by atoms with van der Waals surface area (Å²) in [7, 11) is 1.60. The molecule has 1 unspecified atom stereocenters. The number of rotatable bonds is 2. The number of benzene rings is 1. The van der Waals surface area contributed by atoms with Gasteiger partial charge in [0.2, 0.25) is 0 Å². The van der Waals surface area contributed by atoms with Gasteiger partial charge in [0.05, 0.1) is 0 Å². The predicted molar refractivity (Wildman–Crippen MR) is 97.8 cm³/mol. The summed E-state index contributed by atoms with van der Waals surface area (Å²) in [6.07, 6.45) is 0. The van der Waals surface area contributed by atoms with Crippen molar-refractivity contribution in [3.8, 4) is 0 Å². The lowest BCUT2D eigenvalue weighted by Gasteiger charge is -2.25. The molecule has 1 aliphatic rings. The van der Waals surface area contributed by atoms with E-state index in [9.17, 15) is 0 Å². The van der Waals surface area contributed by atoms with Crippen molar-refractivity contribution in [1.29, 1.82) is 0 Å². The van der Waals surface area contributed by atoms with E-state index in [4.69, 9.17) is 45.0 Å². The highest BCUT2D eigenvalue weighted by Gasteiger charge is 2.31. The first-order chi connectivity index (χ1) is 9.03. The predicted octanol–water partition coefficient (Wildman–Crippen LogP) is 6.99. The van der Waals surface area contributed by atoms with Gasteiger partial charge in [-0.25, -0.2) is 9.03 Å². The lowest BCUT2D eigenvalue weighted by Crippen LogP contribution is -2.12. The second-order valence-corrected chi connectivity index (χ2v) is 17.5. The van der Waals surface area contributed by atoms with E-state index < -0.39 is 19.0 Å². The quantitative estimate of drug-likeness (QED) is 0.483. The largest absolute Gasteiger partial charge is 0.378 e. The van der Waals surface area contributed by atoms with Gasteiger partial charge in [-0.1, -0.05) is 12.1 Å². The molecule has 0 saturated heterocycles. The molecular formula is C9H13Cl4N4P3. The van der Waals surface area contributed by atoms with Crippen molar-refractivity contribution in [3.63, 3.8) is 0 Å². The Balaban J connectivity index is 2.69. The van der Waals surface area contributed by atoms with Crippen LogP contribution >= 0.6 is 64.0 Å². The monoisotopic (exact) mass is 410 g/mol. The summed E-state index contributed by atoms with van der Waals surface area (Å²) in [5, 5.41) is 0.940. The molecule has 0 saturated carbocycles. The highest BCUT2D eigenvalue weighted by atomic mass is 35.9. The summed E-state index contributed by atoms with van der Waals surface area (Å²) in [5.74, 6) is -5.72. The highest BCUT2D eigenvalue weighted by molar-refractivity contribution is 8.21. The van der Waals surface area contributed by atoms with Crippen LogP contribution in [0.3, 0.4) is 0 Å². The Morgan fingerprint density at radius 2 is 1.55 bits per heavy atom. The summed E-state index contributed by atoms with van der Waals surface area (Å²) in [5.41, 5.74) is 1.04. The van der Waals surface area contributed by atoms with Crippen LogP contribution in [0.1, 0.15) is 0 Å². The molecule has 1 heterocycles. The highest BCUT2D eigenvalue weighted by Crippen LogP contribution is 2.84. The first kappa shape index (κ1) is 17.2. The van der Waals surface area contributed by atoms with Gasteiger partial charge in [-0.15, -0.1) is 0 Å². The van der Waals surface area contributed by atoms with Gasteiger partial charge < -0.3 is 4.90 Å². The van der Waals surface area contributed by atoms with Crippen molar-refractivity contribution in [2.24, 2.45) is 13.5 Å². The third-order valence-electron chi connectivity index (χ3n) is 2.61. The smallest absolute Gasteiger partial charge is 0.255 e. The van der Waals surface area contributed by atoms with Crippen LogP contribution < -0.4 is 10.2 Å². The van der Waals surface area contributed by atoms with E-state index in [0.29, 0.717) is 0 Å². The van der Waals surface area contributed by atoms with E-state index in [1.165, 1.54) is 0 Å². The summed E-state index contributed by atoms with van der Waals surface area (Å²) >= 11 is 24.6. The molecule has 11 heteroatoms. The maximum absolute atomic E-state index is 6.15. The minimum absolute atomic E-state index is 0.940. The van der Waals surface area contributed by atoms with E-state index in [2.05, 4.69) is 13.5 Å². The van der Waals surface area contributed by atoms with Crippen molar-refractivity contribution >= 4 is 75.0 Å². The third kappa shape index (κ3) is 3.99. The molecule has 0 spiro atoms. The second kappa shape index (κ2) is 5.82. The zero-order valence-electron chi connectivity index (χ0n) is 11.0. The maximum Gasteiger partial charge on any atom is 0.255 e. The Hall–Kier alpha value is 0.870. The van der Waals surface area contributed by atoms with E-state index in [1.54, 1.807) is 0 Å². The van der Waals surface area contributed by atoms with Crippen LogP contribution in [0.15, 0.2) is 37.8 Å². The molecule has 0 N–H and O–H groups in total. The Morgan fingerprint density at radius 1 is 0.950 bits per heavy atom. The average molecular weight is 412 g/mol. The number of hydrogen-bond donors (Lipinski definition) is 0. The van der Waals surface area contributed by atoms with Gasteiger partial charge in [-0.2, -0.15) is 4.52 Å². The van der Waals surface area contributed by atoms with Crippen LogP contribution in [0, 0.1) is 0 Å². The molecule has 1 atom stereocenters. The van der Waals surface area contributed by atoms with Gasteiger partial charge in [-0.05, 0) is 63.8 Å². The topological polar surface area (TPSA) is 40.3 Å². The van der Waals surface area contributed by atoms with Gasteiger partial charge in [-0.3, -0.25) is 0 Å². The zero-order valence-corrected chi connectivity index (χ0v) is 16.7. The SMILES string of the molecule is CN(C)c1cccc(P2(C)=NP(Cl)(Cl)=NP(Cl)(Cl)=N2)c1. The lowest BCUT2D eigenvalue weighted by molar-refractivity contribution is 1.13. The molecule has 1 aromatic carbocycles. The molecule has 4 nitrogen and oxygen atoms in total. The molecule has 0 radical (unpaired) electrons. The standard InChI is InChI=1S/C9H13Cl4N4P3/c1-17(2)8-5-4-6-9(7-8)18(3)14-19(10,11)16-20(12,13)15-18/h4-7H,1-3H3. The molecule has 0 fully saturated rings. The zero-order chi connectivity index (χ0) is 15.2. The normalized spacial score (nSPS) is 26.9. The van der Waals surface area contributed by atoms with Gasteiger partial charge in [0.15, 0.2) is 0 Å². The van der Waals surface area contributed by atoms with Crippen molar-refractivity contribution in [2.45, 2.75) is 0 Å². The summed E-state index contributed by atoms with van der Waals surface area (Å²) in [6, 6.07) is 7.89. The van der Waals surface area contributed by atoms with E-state index in [1.807, 2.05) is 49.9 Å². The fourth-order valence-electron chi connectivity index (χ4n) is 1.74. The van der Waals surface area contributed by atoms with Crippen LogP contribution in [0.5, 0.6) is 0 Å². The first-order valence-electron chi connectivity index (χ1n) is 5.49.